The van der Waals surface area contributed by atoms with Gasteiger partial charge in [0.15, 0.2) is 0 Å². The molecule has 0 saturated heterocycles. The molecule has 0 aromatic heterocycles. The van der Waals surface area contributed by atoms with Crippen LogP contribution in [-0.2, 0) is 12.8 Å². The average Bonchev–Trinajstić information content (AvgIpc) is 2.17. The lowest BCUT2D eigenvalue weighted by atomic mass is 9.94. The van der Waals surface area contributed by atoms with Crippen molar-refractivity contribution in [1.82, 2.24) is 0 Å². The molecule has 0 saturated carbocycles. The normalized spacial score (nSPS) is 15.3. The fraction of sp³-hybridized carbons (Fsp3) is 0.571. The van der Waals surface area contributed by atoms with E-state index in [1.807, 2.05) is 0 Å². The number of hydrogen-bond donors (Lipinski definition) is 0. The summed E-state index contributed by atoms with van der Waals surface area (Å²) in [5, 5.41) is 0. The summed E-state index contributed by atoms with van der Waals surface area (Å²) >= 11 is 0. The van der Waals surface area contributed by atoms with Crippen LogP contribution in [0.3, 0.4) is 0 Å². The molecule has 1 nitrogen and oxygen atoms in total. The van der Waals surface area contributed by atoms with Crippen molar-refractivity contribution >= 4 is 5.69 Å². The van der Waals surface area contributed by atoms with Gasteiger partial charge in [-0.3, -0.25) is 0 Å². The Morgan fingerprint density at radius 1 is 1.33 bits per heavy atom. The molecule has 1 aliphatic heterocycles. The first-order valence-electron chi connectivity index (χ1n) is 6.06. The molecule has 0 unspecified atom stereocenters. The van der Waals surface area contributed by atoms with E-state index in [0.29, 0.717) is 0 Å². The Kier molecular flexibility index (Phi) is 2.99. The van der Waals surface area contributed by atoms with Crippen molar-refractivity contribution in [3.8, 4) is 0 Å². The summed E-state index contributed by atoms with van der Waals surface area (Å²) in [5.74, 6) is 0. The molecule has 0 radical (unpaired) electrons. The van der Waals surface area contributed by atoms with Gasteiger partial charge in [-0.15, -0.1) is 0 Å². The molecule has 1 heterocycles. The van der Waals surface area contributed by atoms with Gasteiger partial charge in [0, 0.05) is 19.3 Å². The Hall–Kier alpha value is -0.980. The summed E-state index contributed by atoms with van der Waals surface area (Å²) in [7, 11) is 2.23. The monoisotopic (exact) mass is 203 g/mol. The van der Waals surface area contributed by atoms with Crippen molar-refractivity contribution in [2.75, 3.05) is 18.5 Å². The molecule has 1 aliphatic rings. The van der Waals surface area contributed by atoms with E-state index in [1.54, 1.807) is 11.1 Å². The van der Waals surface area contributed by atoms with Gasteiger partial charge in [0.1, 0.15) is 0 Å². The summed E-state index contributed by atoms with van der Waals surface area (Å²) in [4.78, 5) is 2.43. The molecule has 0 spiro atoms. The van der Waals surface area contributed by atoms with Crippen molar-refractivity contribution in [1.29, 1.82) is 0 Å². The number of nitrogens with zero attached hydrogens (tertiary/aromatic N) is 1. The molecule has 0 atom stereocenters. The fourth-order valence-corrected chi connectivity index (χ4v) is 2.69. The molecule has 0 bridgehead atoms. The first-order valence-corrected chi connectivity index (χ1v) is 6.06. The fourth-order valence-electron chi connectivity index (χ4n) is 2.69. The first kappa shape index (κ1) is 10.5. The Morgan fingerprint density at radius 3 is 2.87 bits per heavy atom. The minimum absolute atomic E-state index is 1.22. The smallest absolute Gasteiger partial charge is 0.0428 e. The second-order valence-corrected chi connectivity index (χ2v) is 4.71. The van der Waals surface area contributed by atoms with Gasteiger partial charge in [-0.1, -0.05) is 31.0 Å². The lowest BCUT2D eigenvalue weighted by Gasteiger charge is -2.30. The highest BCUT2D eigenvalue weighted by Gasteiger charge is 2.17. The summed E-state index contributed by atoms with van der Waals surface area (Å²) in [6, 6.07) is 4.73. The third-order valence-electron chi connectivity index (χ3n) is 3.25. The number of rotatable bonds is 2. The minimum Gasteiger partial charge on any atom is -0.374 e. The maximum atomic E-state index is 2.43. The molecular weight excluding hydrogens is 182 g/mol. The van der Waals surface area contributed by atoms with Crippen molar-refractivity contribution < 1.29 is 0 Å². The number of fused-ring (bicyclic) bond motifs is 1. The molecule has 82 valence electrons. The summed E-state index contributed by atoms with van der Waals surface area (Å²) in [6.07, 6.45) is 5.02. The molecule has 1 aromatic rings. The summed E-state index contributed by atoms with van der Waals surface area (Å²) in [6.45, 7) is 5.69. The van der Waals surface area contributed by atoms with Gasteiger partial charge >= 0.3 is 0 Å². The number of hydrogen-bond acceptors (Lipinski definition) is 1. The van der Waals surface area contributed by atoms with Gasteiger partial charge in [-0.05, 0) is 37.3 Å². The average molecular weight is 203 g/mol. The Bertz CT molecular complexity index is 355. The second kappa shape index (κ2) is 4.26. The maximum absolute atomic E-state index is 2.43. The van der Waals surface area contributed by atoms with Crippen molar-refractivity contribution in [3.05, 3.63) is 28.8 Å². The highest BCUT2D eigenvalue weighted by Crippen LogP contribution is 2.31. The number of aryl methyl sites for hydroxylation is 3. The molecule has 1 aromatic carbocycles. The van der Waals surface area contributed by atoms with Gasteiger partial charge in [0.2, 0.25) is 0 Å². The van der Waals surface area contributed by atoms with Crippen LogP contribution >= 0.6 is 0 Å². The highest BCUT2D eigenvalue weighted by atomic mass is 15.1. The van der Waals surface area contributed by atoms with Crippen LogP contribution in [0.2, 0.25) is 0 Å². The number of anilines is 1. The first-order chi connectivity index (χ1) is 7.22. The van der Waals surface area contributed by atoms with Crippen molar-refractivity contribution in [2.24, 2.45) is 0 Å². The Balaban J connectivity index is 2.48. The molecule has 1 heteroatoms. The van der Waals surface area contributed by atoms with E-state index in [1.165, 1.54) is 43.5 Å². The van der Waals surface area contributed by atoms with E-state index in [0.717, 1.165) is 0 Å². The third-order valence-corrected chi connectivity index (χ3v) is 3.25. The lowest BCUT2D eigenvalue weighted by Crippen LogP contribution is -2.26. The predicted octanol–water partition coefficient (Wildman–Crippen LogP) is 3.33. The van der Waals surface area contributed by atoms with E-state index < -0.39 is 0 Å². The van der Waals surface area contributed by atoms with Crippen LogP contribution < -0.4 is 4.90 Å². The van der Waals surface area contributed by atoms with Crippen LogP contribution in [0, 0.1) is 6.92 Å². The molecule has 0 N–H and O–H groups in total. The summed E-state index contributed by atoms with van der Waals surface area (Å²) < 4.78 is 0. The van der Waals surface area contributed by atoms with Crippen LogP contribution in [0.1, 0.15) is 36.5 Å². The van der Waals surface area contributed by atoms with Gasteiger partial charge in [0.25, 0.3) is 0 Å². The van der Waals surface area contributed by atoms with Gasteiger partial charge in [-0.25, -0.2) is 0 Å². The molecule has 0 amide bonds. The number of benzene rings is 1. The topological polar surface area (TPSA) is 3.24 Å². The van der Waals surface area contributed by atoms with Gasteiger partial charge in [-0.2, -0.15) is 0 Å². The Morgan fingerprint density at radius 2 is 2.13 bits per heavy atom. The molecule has 2 rings (SSSR count). The van der Waals surface area contributed by atoms with Crippen LogP contribution in [0.5, 0.6) is 0 Å². The quantitative estimate of drug-likeness (QED) is 0.712. The van der Waals surface area contributed by atoms with E-state index in [9.17, 15) is 0 Å². The van der Waals surface area contributed by atoms with E-state index in [4.69, 9.17) is 0 Å². The van der Waals surface area contributed by atoms with E-state index >= 15 is 0 Å². The molecule has 0 aliphatic carbocycles. The van der Waals surface area contributed by atoms with Crippen molar-refractivity contribution in [3.63, 3.8) is 0 Å². The van der Waals surface area contributed by atoms with Crippen LogP contribution in [0.25, 0.3) is 0 Å². The van der Waals surface area contributed by atoms with Crippen LogP contribution in [-0.4, -0.2) is 13.6 Å². The molecule has 0 fully saturated rings. The van der Waals surface area contributed by atoms with Gasteiger partial charge < -0.3 is 4.90 Å². The second-order valence-electron chi connectivity index (χ2n) is 4.71. The summed E-state index contributed by atoms with van der Waals surface area (Å²) in [5.41, 5.74) is 6.06. The van der Waals surface area contributed by atoms with Crippen molar-refractivity contribution in [2.45, 2.75) is 39.5 Å². The zero-order valence-corrected chi connectivity index (χ0v) is 10.1. The van der Waals surface area contributed by atoms with E-state index in [2.05, 4.69) is 37.9 Å². The SMILES string of the molecule is CCCc1cc(C)cc2c1N(C)CCC2. The highest BCUT2D eigenvalue weighted by molar-refractivity contribution is 5.62. The standard InChI is InChI=1S/C14H21N/c1-4-6-12-9-11(2)10-13-7-5-8-15(3)14(12)13/h9-10H,4-8H2,1-3H3. The lowest BCUT2D eigenvalue weighted by molar-refractivity contribution is 0.734. The zero-order chi connectivity index (χ0) is 10.8. The zero-order valence-electron chi connectivity index (χ0n) is 10.1. The minimum atomic E-state index is 1.22. The third kappa shape index (κ3) is 2.01. The molecule has 15 heavy (non-hydrogen) atoms. The Labute approximate surface area is 93.1 Å². The predicted molar refractivity (Wildman–Crippen MR) is 66.8 cm³/mol. The van der Waals surface area contributed by atoms with Crippen LogP contribution in [0.15, 0.2) is 12.1 Å². The maximum Gasteiger partial charge on any atom is 0.0428 e. The largest absolute Gasteiger partial charge is 0.374 e. The molecular formula is C14H21N. The van der Waals surface area contributed by atoms with Crippen LogP contribution in [0.4, 0.5) is 5.69 Å². The van der Waals surface area contributed by atoms with E-state index in [-0.39, 0.29) is 0 Å². The van der Waals surface area contributed by atoms with Gasteiger partial charge in [0.05, 0.1) is 0 Å².